The zero-order valence-corrected chi connectivity index (χ0v) is 16.6. The molecular formula is C22H23F2N3O2. The van der Waals surface area contributed by atoms with Gasteiger partial charge in [-0.15, -0.1) is 0 Å². The predicted molar refractivity (Wildman–Crippen MR) is 109 cm³/mol. The number of nitrogens with one attached hydrogen (secondary N) is 1. The molecule has 0 aliphatic heterocycles. The minimum Gasteiger partial charge on any atom is -0.372 e. The summed E-state index contributed by atoms with van der Waals surface area (Å²) in [5.41, 5.74) is 3.23. The topological polar surface area (TPSA) is 58.4 Å². The van der Waals surface area contributed by atoms with Crippen molar-refractivity contribution in [3.8, 4) is 11.3 Å². The molecule has 0 saturated carbocycles. The van der Waals surface area contributed by atoms with Gasteiger partial charge in [-0.2, -0.15) is 0 Å². The number of aromatic nitrogens is 1. The largest absolute Gasteiger partial charge is 0.372 e. The molecule has 152 valence electrons. The van der Waals surface area contributed by atoms with Gasteiger partial charge in [-0.3, -0.25) is 4.79 Å². The maximum absolute atomic E-state index is 13.9. The number of aryl methyl sites for hydroxylation is 1. The number of nitrogens with zero attached hydrogens (tertiary/aromatic N) is 2. The highest BCUT2D eigenvalue weighted by molar-refractivity contribution is 5.93. The van der Waals surface area contributed by atoms with Crippen LogP contribution in [-0.4, -0.2) is 24.2 Å². The summed E-state index contributed by atoms with van der Waals surface area (Å²) in [4.78, 5) is 14.6. The summed E-state index contributed by atoms with van der Waals surface area (Å²) in [5.74, 6) is -1.54. The number of hydrogen-bond acceptors (Lipinski definition) is 4. The molecule has 0 bridgehead atoms. The second-order valence-electron chi connectivity index (χ2n) is 6.70. The van der Waals surface area contributed by atoms with E-state index in [0.29, 0.717) is 5.69 Å². The van der Waals surface area contributed by atoms with Gasteiger partial charge < -0.3 is 14.7 Å². The third-order valence-electron chi connectivity index (χ3n) is 4.71. The van der Waals surface area contributed by atoms with Gasteiger partial charge in [-0.25, -0.2) is 8.78 Å². The van der Waals surface area contributed by atoms with E-state index < -0.39 is 11.6 Å². The van der Waals surface area contributed by atoms with E-state index in [-0.39, 0.29) is 23.7 Å². The lowest BCUT2D eigenvalue weighted by Gasteiger charge is -2.22. The monoisotopic (exact) mass is 399 g/mol. The van der Waals surface area contributed by atoms with Gasteiger partial charge in [0.2, 0.25) is 5.91 Å². The lowest BCUT2D eigenvalue weighted by atomic mass is 10.1. The maximum atomic E-state index is 13.9. The van der Waals surface area contributed by atoms with Crippen molar-refractivity contribution in [2.24, 2.45) is 0 Å². The van der Waals surface area contributed by atoms with Crippen LogP contribution in [0, 0.1) is 18.6 Å². The van der Waals surface area contributed by atoms with E-state index in [1.807, 2.05) is 25.1 Å². The van der Waals surface area contributed by atoms with Crippen molar-refractivity contribution in [2.45, 2.75) is 27.2 Å². The average molecular weight is 399 g/mol. The standard InChI is InChI=1S/C22H23F2N3O2/c1-4-27(5-2)17-7-9-20(14(3)10-17)25-22(28)13-16-12-21(29-26-16)18-8-6-15(23)11-19(18)24/h6-12H,4-5,13H2,1-3H3,(H,25,28). The molecule has 1 aromatic heterocycles. The fraction of sp³-hybridized carbons (Fsp3) is 0.273. The van der Waals surface area contributed by atoms with Crippen LogP contribution < -0.4 is 10.2 Å². The number of hydrogen-bond donors (Lipinski definition) is 1. The molecule has 3 aromatic rings. The molecule has 0 radical (unpaired) electrons. The molecule has 0 aliphatic carbocycles. The fourth-order valence-corrected chi connectivity index (χ4v) is 3.14. The van der Waals surface area contributed by atoms with Crippen LogP contribution >= 0.6 is 0 Å². The van der Waals surface area contributed by atoms with Crippen molar-refractivity contribution in [3.63, 3.8) is 0 Å². The Bertz CT molecular complexity index is 1010. The second-order valence-corrected chi connectivity index (χ2v) is 6.70. The second kappa shape index (κ2) is 8.86. The molecule has 0 fully saturated rings. The van der Waals surface area contributed by atoms with Crippen LogP contribution in [0.2, 0.25) is 0 Å². The summed E-state index contributed by atoms with van der Waals surface area (Å²) in [6.07, 6.45) is -0.0243. The predicted octanol–water partition coefficient (Wildman–Crippen LogP) is 4.96. The lowest BCUT2D eigenvalue weighted by molar-refractivity contribution is -0.115. The number of halogens is 2. The van der Waals surface area contributed by atoms with Gasteiger partial charge in [0.1, 0.15) is 11.6 Å². The summed E-state index contributed by atoms with van der Waals surface area (Å²) in [6.45, 7) is 7.95. The normalized spacial score (nSPS) is 10.8. The number of rotatable bonds is 7. The number of amides is 1. The molecule has 5 nitrogen and oxygen atoms in total. The Morgan fingerprint density at radius 3 is 2.52 bits per heavy atom. The van der Waals surface area contributed by atoms with Crippen LogP contribution in [0.3, 0.4) is 0 Å². The van der Waals surface area contributed by atoms with Gasteiger partial charge in [0.15, 0.2) is 5.76 Å². The molecule has 0 atom stereocenters. The van der Waals surface area contributed by atoms with Gasteiger partial charge in [0.25, 0.3) is 0 Å². The smallest absolute Gasteiger partial charge is 0.230 e. The first-order valence-electron chi connectivity index (χ1n) is 9.47. The van der Waals surface area contributed by atoms with Crippen molar-refractivity contribution >= 4 is 17.3 Å². The SMILES string of the molecule is CCN(CC)c1ccc(NC(=O)Cc2cc(-c3ccc(F)cc3F)on2)c(C)c1. The highest BCUT2D eigenvalue weighted by Gasteiger charge is 2.15. The average Bonchev–Trinajstić information content (AvgIpc) is 3.12. The first-order chi connectivity index (χ1) is 13.9. The molecule has 29 heavy (non-hydrogen) atoms. The molecular weight excluding hydrogens is 376 g/mol. The molecule has 2 aromatic carbocycles. The van der Waals surface area contributed by atoms with E-state index in [4.69, 9.17) is 4.52 Å². The van der Waals surface area contributed by atoms with Crippen LogP contribution in [0.15, 0.2) is 47.0 Å². The van der Waals surface area contributed by atoms with Gasteiger partial charge >= 0.3 is 0 Å². The van der Waals surface area contributed by atoms with Gasteiger partial charge in [0.05, 0.1) is 17.7 Å². The van der Waals surface area contributed by atoms with Gasteiger partial charge in [-0.05, 0) is 56.7 Å². The highest BCUT2D eigenvalue weighted by Crippen LogP contribution is 2.25. The van der Waals surface area contributed by atoms with Crippen LogP contribution in [0.1, 0.15) is 25.1 Å². The first kappa shape index (κ1) is 20.5. The van der Waals surface area contributed by atoms with Crippen LogP contribution in [0.5, 0.6) is 0 Å². The molecule has 0 saturated heterocycles. The van der Waals surface area contributed by atoms with E-state index in [2.05, 4.69) is 29.2 Å². The third kappa shape index (κ3) is 4.80. The van der Waals surface area contributed by atoms with E-state index >= 15 is 0 Å². The number of carbonyl (C=O) groups excluding carboxylic acids is 1. The zero-order valence-electron chi connectivity index (χ0n) is 16.6. The number of carbonyl (C=O) groups is 1. The number of benzene rings is 2. The molecule has 1 heterocycles. The first-order valence-corrected chi connectivity index (χ1v) is 9.47. The lowest BCUT2D eigenvalue weighted by Crippen LogP contribution is -2.22. The number of anilines is 2. The summed E-state index contributed by atoms with van der Waals surface area (Å²) in [5, 5.41) is 6.68. The van der Waals surface area contributed by atoms with Crippen molar-refractivity contribution < 1.29 is 18.1 Å². The molecule has 0 unspecified atom stereocenters. The van der Waals surface area contributed by atoms with Gasteiger partial charge in [-0.1, -0.05) is 5.16 Å². The minimum absolute atomic E-state index is 0.0243. The van der Waals surface area contributed by atoms with Crippen LogP contribution in [-0.2, 0) is 11.2 Å². The Kier molecular flexibility index (Phi) is 6.26. The Hall–Kier alpha value is -3.22. The molecule has 1 amide bonds. The molecule has 3 rings (SSSR count). The summed E-state index contributed by atoms with van der Waals surface area (Å²) < 4.78 is 32.0. The quantitative estimate of drug-likeness (QED) is 0.610. The van der Waals surface area contributed by atoms with Crippen molar-refractivity contribution in [3.05, 3.63) is 65.4 Å². The van der Waals surface area contributed by atoms with Crippen LogP contribution in [0.25, 0.3) is 11.3 Å². The van der Waals surface area contributed by atoms with Crippen molar-refractivity contribution in [1.82, 2.24) is 5.16 Å². The summed E-state index contributed by atoms with van der Waals surface area (Å²) >= 11 is 0. The molecule has 1 N–H and O–H groups in total. The Morgan fingerprint density at radius 2 is 1.86 bits per heavy atom. The van der Waals surface area contributed by atoms with E-state index in [1.54, 1.807) is 0 Å². The summed E-state index contributed by atoms with van der Waals surface area (Å²) in [6, 6.07) is 10.5. The molecule has 0 spiro atoms. The fourth-order valence-electron chi connectivity index (χ4n) is 3.14. The van der Waals surface area contributed by atoms with Gasteiger partial charge in [0, 0.05) is 36.6 Å². The zero-order chi connectivity index (χ0) is 21.0. The minimum atomic E-state index is -0.749. The summed E-state index contributed by atoms with van der Waals surface area (Å²) in [7, 11) is 0. The molecule has 7 heteroatoms. The van der Waals surface area contributed by atoms with Crippen LogP contribution in [0.4, 0.5) is 20.2 Å². The van der Waals surface area contributed by atoms with E-state index in [9.17, 15) is 13.6 Å². The maximum Gasteiger partial charge on any atom is 0.230 e. The highest BCUT2D eigenvalue weighted by atomic mass is 19.1. The Balaban J connectivity index is 1.68. The van der Waals surface area contributed by atoms with Crippen molar-refractivity contribution in [2.75, 3.05) is 23.3 Å². The van der Waals surface area contributed by atoms with E-state index in [0.717, 1.165) is 42.2 Å². The molecule has 0 aliphatic rings. The van der Waals surface area contributed by atoms with Crippen molar-refractivity contribution in [1.29, 1.82) is 0 Å². The third-order valence-corrected chi connectivity index (χ3v) is 4.71. The Labute approximate surface area is 168 Å². The van der Waals surface area contributed by atoms with E-state index in [1.165, 1.54) is 12.1 Å². The Morgan fingerprint density at radius 1 is 1.10 bits per heavy atom.